The summed E-state index contributed by atoms with van der Waals surface area (Å²) in [6, 6.07) is 7.24. The predicted octanol–water partition coefficient (Wildman–Crippen LogP) is 3.53. The summed E-state index contributed by atoms with van der Waals surface area (Å²) in [5.41, 5.74) is 1.87. The van der Waals surface area contributed by atoms with Crippen molar-refractivity contribution >= 4 is 37.5 Å². The first-order chi connectivity index (χ1) is 9.51. The van der Waals surface area contributed by atoms with Gasteiger partial charge in [0.2, 0.25) is 5.56 Å². The molecule has 6 heteroatoms. The Hall–Kier alpha value is -1.27. The number of halogens is 2. The zero-order valence-corrected chi connectivity index (χ0v) is 14.3. The van der Waals surface area contributed by atoms with Gasteiger partial charge in [0.15, 0.2) is 0 Å². The highest BCUT2D eigenvalue weighted by molar-refractivity contribution is 9.11. The van der Waals surface area contributed by atoms with E-state index in [2.05, 4.69) is 37.2 Å². The number of aromatic nitrogens is 1. The largest absolute Gasteiger partial charge is 0.495 e. The Kier molecular flexibility index (Phi) is 4.88. The molecule has 0 amide bonds. The molecule has 2 rings (SSSR count). The molecule has 0 aliphatic carbocycles. The average molecular weight is 402 g/mol. The number of benzene rings is 1. The van der Waals surface area contributed by atoms with Crippen molar-refractivity contribution in [2.45, 2.75) is 6.54 Å². The van der Waals surface area contributed by atoms with Crippen molar-refractivity contribution in [3.63, 3.8) is 0 Å². The van der Waals surface area contributed by atoms with Crippen molar-refractivity contribution in [3.05, 3.63) is 55.3 Å². The number of hydrogen-bond acceptors (Lipinski definition) is 3. The van der Waals surface area contributed by atoms with Crippen LogP contribution in [0, 0.1) is 0 Å². The van der Waals surface area contributed by atoms with E-state index in [-0.39, 0.29) is 5.56 Å². The molecule has 0 saturated heterocycles. The van der Waals surface area contributed by atoms with Gasteiger partial charge in [-0.1, -0.05) is 15.9 Å². The third kappa shape index (κ3) is 3.43. The number of rotatable bonds is 4. The average Bonchev–Trinajstić information content (AvgIpc) is 2.39. The van der Waals surface area contributed by atoms with Gasteiger partial charge in [0.05, 0.1) is 17.3 Å². The fourth-order valence-electron chi connectivity index (χ4n) is 1.87. The lowest BCUT2D eigenvalue weighted by Crippen LogP contribution is -2.15. The number of hydrogen-bond donors (Lipinski definition) is 1. The molecule has 0 bridgehead atoms. The van der Waals surface area contributed by atoms with Gasteiger partial charge in [-0.15, -0.1) is 0 Å². The van der Waals surface area contributed by atoms with E-state index < -0.39 is 0 Å². The quantitative estimate of drug-likeness (QED) is 0.852. The van der Waals surface area contributed by atoms with E-state index >= 15 is 0 Å². The highest BCUT2D eigenvalue weighted by atomic mass is 79.9. The minimum Gasteiger partial charge on any atom is -0.495 e. The Labute approximate surface area is 134 Å². The summed E-state index contributed by atoms with van der Waals surface area (Å²) in [4.78, 5) is 11.3. The minimum atomic E-state index is -0.0293. The maximum absolute atomic E-state index is 11.3. The van der Waals surface area contributed by atoms with Gasteiger partial charge in [-0.25, -0.2) is 0 Å². The molecule has 1 N–H and O–H groups in total. The van der Waals surface area contributed by atoms with Crippen molar-refractivity contribution in [2.75, 3.05) is 12.4 Å². The second kappa shape index (κ2) is 6.45. The van der Waals surface area contributed by atoms with Gasteiger partial charge in [0.1, 0.15) is 5.75 Å². The third-order valence-electron chi connectivity index (χ3n) is 2.86. The van der Waals surface area contributed by atoms with Crippen LogP contribution < -0.4 is 15.6 Å². The van der Waals surface area contributed by atoms with Gasteiger partial charge in [-0.05, 0) is 34.1 Å². The number of anilines is 1. The second-order valence-electron chi connectivity index (χ2n) is 4.30. The molecular formula is C14H14Br2N2O2. The van der Waals surface area contributed by atoms with Crippen LogP contribution in [-0.2, 0) is 13.6 Å². The molecule has 2 aromatic rings. The molecule has 20 heavy (non-hydrogen) atoms. The van der Waals surface area contributed by atoms with E-state index in [1.807, 2.05) is 12.1 Å². The summed E-state index contributed by atoms with van der Waals surface area (Å²) in [7, 11) is 3.37. The van der Waals surface area contributed by atoms with Crippen molar-refractivity contribution in [1.29, 1.82) is 0 Å². The topological polar surface area (TPSA) is 43.3 Å². The Morgan fingerprint density at radius 3 is 2.70 bits per heavy atom. The molecule has 1 aromatic carbocycles. The van der Waals surface area contributed by atoms with Gasteiger partial charge in [-0.2, -0.15) is 0 Å². The Morgan fingerprint density at radius 2 is 2.05 bits per heavy atom. The molecular weight excluding hydrogens is 388 g/mol. The van der Waals surface area contributed by atoms with Crippen molar-refractivity contribution in [2.24, 2.45) is 7.05 Å². The summed E-state index contributed by atoms with van der Waals surface area (Å²) in [5.74, 6) is 0.797. The number of pyridine rings is 1. The van der Waals surface area contributed by atoms with Crippen LogP contribution in [0.15, 0.2) is 44.2 Å². The van der Waals surface area contributed by atoms with Crippen LogP contribution in [0.3, 0.4) is 0 Å². The maximum Gasteiger partial charge on any atom is 0.250 e. The second-order valence-corrected chi connectivity index (χ2v) is 6.07. The first kappa shape index (κ1) is 15.1. The number of nitrogens with one attached hydrogen (secondary N) is 1. The Balaban J connectivity index is 2.22. The number of aryl methyl sites for hydroxylation is 1. The highest BCUT2D eigenvalue weighted by Gasteiger charge is 2.09. The summed E-state index contributed by atoms with van der Waals surface area (Å²) in [6.07, 6.45) is 1.77. The van der Waals surface area contributed by atoms with Gasteiger partial charge in [-0.3, -0.25) is 4.79 Å². The van der Waals surface area contributed by atoms with E-state index in [1.165, 1.54) is 10.6 Å². The molecule has 0 spiro atoms. The summed E-state index contributed by atoms with van der Waals surface area (Å²) < 4.78 is 8.81. The minimum absolute atomic E-state index is 0.0293. The number of methoxy groups -OCH3 is 1. The van der Waals surface area contributed by atoms with Crippen LogP contribution in [0.4, 0.5) is 5.69 Å². The lowest BCUT2D eigenvalue weighted by atomic mass is 10.2. The normalized spacial score (nSPS) is 10.4. The zero-order chi connectivity index (χ0) is 14.7. The third-order valence-corrected chi connectivity index (χ3v) is 3.91. The fourth-order valence-corrected chi connectivity index (χ4v) is 3.34. The SMILES string of the molecule is COc1c(Br)cc(Br)cc1CNc1ccc(=O)n(C)c1. The molecule has 0 atom stereocenters. The maximum atomic E-state index is 11.3. The first-order valence-corrected chi connectivity index (χ1v) is 7.52. The van der Waals surface area contributed by atoms with Gasteiger partial charge >= 0.3 is 0 Å². The number of nitrogens with zero attached hydrogens (tertiary/aromatic N) is 1. The van der Waals surface area contributed by atoms with Crippen LogP contribution in [0.1, 0.15) is 5.56 Å². The number of ether oxygens (including phenoxy) is 1. The smallest absolute Gasteiger partial charge is 0.250 e. The molecule has 0 aliphatic heterocycles. The first-order valence-electron chi connectivity index (χ1n) is 5.93. The van der Waals surface area contributed by atoms with Crippen molar-refractivity contribution in [3.8, 4) is 5.75 Å². The van der Waals surface area contributed by atoms with Gasteiger partial charge in [0, 0.05) is 35.9 Å². The van der Waals surface area contributed by atoms with Crippen LogP contribution in [0.25, 0.3) is 0 Å². The molecule has 0 unspecified atom stereocenters. The molecule has 106 valence electrons. The predicted molar refractivity (Wildman–Crippen MR) is 87.4 cm³/mol. The zero-order valence-electron chi connectivity index (χ0n) is 11.1. The standard InChI is InChI=1S/C14H14Br2N2O2/c1-18-8-11(3-4-13(18)19)17-7-9-5-10(15)6-12(16)14(9)20-2/h3-6,8,17H,7H2,1-2H3. The van der Waals surface area contributed by atoms with E-state index in [0.717, 1.165) is 25.9 Å². The molecule has 4 nitrogen and oxygen atoms in total. The van der Waals surface area contributed by atoms with Crippen molar-refractivity contribution in [1.82, 2.24) is 4.57 Å². The lowest BCUT2D eigenvalue weighted by Gasteiger charge is -2.13. The Morgan fingerprint density at radius 1 is 1.30 bits per heavy atom. The van der Waals surface area contributed by atoms with E-state index in [1.54, 1.807) is 26.4 Å². The summed E-state index contributed by atoms with van der Waals surface area (Å²) >= 11 is 6.94. The van der Waals surface area contributed by atoms with Crippen LogP contribution in [0.2, 0.25) is 0 Å². The molecule has 0 aliphatic rings. The molecule has 1 heterocycles. The van der Waals surface area contributed by atoms with Crippen LogP contribution in [-0.4, -0.2) is 11.7 Å². The molecule has 0 fully saturated rings. The van der Waals surface area contributed by atoms with Gasteiger partial charge in [0.25, 0.3) is 0 Å². The summed E-state index contributed by atoms with van der Waals surface area (Å²) in [5, 5.41) is 3.28. The van der Waals surface area contributed by atoms with E-state index in [0.29, 0.717) is 6.54 Å². The van der Waals surface area contributed by atoms with Gasteiger partial charge < -0.3 is 14.6 Å². The monoisotopic (exact) mass is 400 g/mol. The van der Waals surface area contributed by atoms with Crippen LogP contribution in [0.5, 0.6) is 5.75 Å². The summed E-state index contributed by atoms with van der Waals surface area (Å²) in [6.45, 7) is 0.597. The fraction of sp³-hybridized carbons (Fsp3) is 0.214. The highest BCUT2D eigenvalue weighted by Crippen LogP contribution is 2.33. The van der Waals surface area contributed by atoms with E-state index in [9.17, 15) is 4.79 Å². The van der Waals surface area contributed by atoms with Crippen LogP contribution >= 0.6 is 31.9 Å². The molecule has 0 saturated carbocycles. The lowest BCUT2D eigenvalue weighted by molar-refractivity contribution is 0.407. The van der Waals surface area contributed by atoms with E-state index in [4.69, 9.17) is 4.74 Å². The molecule has 0 radical (unpaired) electrons. The Bertz CT molecular complexity index is 683. The van der Waals surface area contributed by atoms with Crippen molar-refractivity contribution < 1.29 is 4.74 Å². The molecule has 1 aromatic heterocycles.